The Morgan fingerprint density at radius 1 is 1.15 bits per heavy atom. The lowest BCUT2D eigenvalue weighted by atomic mass is 9.86. The Balaban J connectivity index is 1.99. The van der Waals surface area contributed by atoms with E-state index in [4.69, 9.17) is 4.98 Å². The molecule has 0 saturated heterocycles. The SMILES string of the molecule is Cc1c(-c2ccc(C(C)(C)C)cc2)nc2n1CCCN2. The molecule has 0 fully saturated rings. The molecule has 0 unspecified atom stereocenters. The van der Waals surface area contributed by atoms with E-state index in [1.165, 1.54) is 23.2 Å². The second-order valence-electron chi connectivity index (χ2n) is 6.63. The van der Waals surface area contributed by atoms with Crippen LogP contribution in [0.2, 0.25) is 0 Å². The fourth-order valence-electron chi connectivity index (χ4n) is 2.78. The van der Waals surface area contributed by atoms with Crippen LogP contribution in [0.1, 0.15) is 38.4 Å². The first-order chi connectivity index (χ1) is 9.47. The maximum Gasteiger partial charge on any atom is 0.203 e. The van der Waals surface area contributed by atoms with Crippen LogP contribution in [-0.4, -0.2) is 16.1 Å². The molecule has 0 aliphatic carbocycles. The number of imidazole rings is 1. The summed E-state index contributed by atoms with van der Waals surface area (Å²) in [4.78, 5) is 4.76. The summed E-state index contributed by atoms with van der Waals surface area (Å²) in [5.74, 6) is 1.02. The molecule has 2 aromatic rings. The summed E-state index contributed by atoms with van der Waals surface area (Å²) in [6.45, 7) is 11.0. The molecule has 0 atom stereocenters. The van der Waals surface area contributed by atoms with Crippen molar-refractivity contribution in [2.75, 3.05) is 11.9 Å². The van der Waals surface area contributed by atoms with Gasteiger partial charge in [-0.1, -0.05) is 45.0 Å². The maximum absolute atomic E-state index is 4.76. The summed E-state index contributed by atoms with van der Waals surface area (Å²) in [7, 11) is 0. The molecular weight excluding hydrogens is 246 g/mol. The van der Waals surface area contributed by atoms with Gasteiger partial charge in [-0.05, 0) is 24.3 Å². The number of aromatic nitrogens is 2. The van der Waals surface area contributed by atoms with E-state index >= 15 is 0 Å². The van der Waals surface area contributed by atoms with Gasteiger partial charge in [-0.2, -0.15) is 0 Å². The van der Waals surface area contributed by atoms with E-state index in [9.17, 15) is 0 Å². The van der Waals surface area contributed by atoms with Gasteiger partial charge >= 0.3 is 0 Å². The zero-order chi connectivity index (χ0) is 14.3. The third kappa shape index (κ3) is 2.21. The van der Waals surface area contributed by atoms with Crippen LogP contribution >= 0.6 is 0 Å². The van der Waals surface area contributed by atoms with Gasteiger partial charge in [0.15, 0.2) is 0 Å². The Kier molecular flexibility index (Phi) is 3.08. The Morgan fingerprint density at radius 3 is 2.45 bits per heavy atom. The number of fused-ring (bicyclic) bond motifs is 1. The van der Waals surface area contributed by atoms with Crippen molar-refractivity contribution in [2.24, 2.45) is 0 Å². The number of hydrogen-bond acceptors (Lipinski definition) is 2. The molecule has 1 aromatic heterocycles. The third-order valence-electron chi connectivity index (χ3n) is 4.09. The van der Waals surface area contributed by atoms with Crippen LogP contribution < -0.4 is 5.32 Å². The number of nitrogens with zero attached hydrogens (tertiary/aromatic N) is 2. The summed E-state index contributed by atoms with van der Waals surface area (Å²) in [6.07, 6.45) is 1.17. The maximum atomic E-state index is 4.76. The fourth-order valence-corrected chi connectivity index (χ4v) is 2.78. The van der Waals surface area contributed by atoms with E-state index in [0.717, 1.165) is 24.7 Å². The van der Waals surface area contributed by atoms with Crippen molar-refractivity contribution >= 4 is 5.95 Å². The number of benzene rings is 1. The van der Waals surface area contributed by atoms with E-state index in [0.29, 0.717) is 0 Å². The van der Waals surface area contributed by atoms with Gasteiger partial charge in [0.1, 0.15) is 0 Å². The van der Waals surface area contributed by atoms with E-state index in [2.05, 4.69) is 61.8 Å². The van der Waals surface area contributed by atoms with Crippen LogP contribution in [0.15, 0.2) is 24.3 Å². The van der Waals surface area contributed by atoms with Crippen molar-refractivity contribution in [1.29, 1.82) is 0 Å². The number of anilines is 1. The van der Waals surface area contributed by atoms with Crippen LogP contribution in [0, 0.1) is 6.92 Å². The fraction of sp³-hybridized carbons (Fsp3) is 0.471. The van der Waals surface area contributed by atoms with Crippen LogP contribution in [-0.2, 0) is 12.0 Å². The minimum atomic E-state index is 0.197. The highest BCUT2D eigenvalue weighted by Crippen LogP contribution is 2.30. The van der Waals surface area contributed by atoms with Gasteiger partial charge in [0.25, 0.3) is 0 Å². The molecule has 1 N–H and O–H groups in total. The summed E-state index contributed by atoms with van der Waals surface area (Å²) in [5, 5.41) is 3.38. The molecule has 3 heteroatoms. The zero-order valence-electron chi connectivity index (χ0n) is 12.8. The first kappa shape index (κ1) is 13.2. The average Bonchev–Trinajstić information content (AvgIpc) is 2.76. The molecule has 3 nitrogen and oxygen atoms in total. The van der Waals surface area contributed by atoms with Crippen LogP contribution in [0.3, 0.4) is 0 Å². The molecular formula is C17H23N3. The molecule has 1 aliphatic heterocycles. The summed E-state index contributed by atoms with van der Waals surface area (Å²) in [5.41, 5.74) is 5.13. The van der Waals surface area contributed by atoms with Gasteiger partial charge in [-0.15, -0.1) is 0 Å². The van der Waals surface area contributed by atoms with Gasteiger partial charge in [0, 0.05) is 24.3 Å². The highest BCUT2D eigenvalue weighted by Gasteiger charge is 2.18. The first-order valence-corrected chi connectivity index (χ1v) is 7.39. The van der Waals surface area contributed by atoms with E-state index < -0.39 is 0 Å². The highest BCUT2D eigenvalue weighted by atomic mass is 15.2. The largest absolute Gasteiger partial charge is 0.356 e. The van der Waals surface area contributed by atoms with Gasteiger partial charge < -0.3 is 9.88 Å². The highest BCUT2D eigenvalue weighted by molar-refractivity contribution is 5.65. The Morgan fingerprint density at radius 2 is 1.85 bits per heavy atom. The molecule has 0 bridgehead atoms. The number of nitrogens with one attached hydrogen (secondary N) is 1. The predicted molar refractivity (Wildman–Crippen MR) is 84.2 cm³/mol. The first-order valence-electron chi connectivity index (χ1n) is 7.39. The number of hydrogen-bond donors (Lipinski definition) is 1. The van der Waals surface area contributed by atoms with Crippen molar-refractivity contribution in [3.8, 4) is 11.3 Å². The number of rotatable bonds is 1. The molecule has 0 radical (unpaired) electrons. The van der Waals surface area contributed by atoms with E-state index in [-0.39, 0.29) is 5.41 Å². The van der Waals surface area contributed by atoms with Gasteiger partial charge in [0.2, 0.25) is 5.95 Å². The average molecular weight is 269 g/mol. The monoisotopic (exact) mass is 269 g/mol. The summed E-state index contributed by atoms with van der Waals surface area (Å²) in [6, 6.07) is 8.84. The molecule has 106 valence electrons. The van der Waals surface area contributed by atoms with E-state index in [1.807, 2.05) is 0 Å². The Hall–Kier alpha value is -1.77. The molecule has 3 rings (SSSR count). The van der Waals surface area contributed by atoms with Crippen LogP contribution in [0.25, 0.3) is 11.3 Å². The zero-order valence-corrected chi connectivity index (χ0v) is 12.8. The van der Waals surface area contributed by atoms with Crippen molar-refractivity contribution in [3.05, 3.63) is 35.5 Å². The second-order valence-corrected chi connectivity index (χ2v) is 6.63. The summed E-state index contributed by atoms with van der Waals surface area (Å²) < 4.78 is 2.29. The van der Waals surface area contributed by atoms with Crippen molar-refractivity contribution in [1.82, 2.24) is 9.55 Å². The van der Waals surface area contributed by atoms with Crippen LogP contribution in [0.5, 0.6) is 0 Å². The second kappa shape index (κ2) is 4.65. The molecule has 2 heterocycles. The van der Waals surface area contributed by atoms with Gasteiger partial charge in [0.05, 0.1) is 5.69 Å². The Labute approximate surface area is 121 Å². The minimum absolute atomic E-state index is 0.197. The lowest BCUT2D eigenvalue weighted by Gasteiger charge is -2.19. The van der Waals surface area contributed by atoms with E-state index in [1.54, 1.807) is 0 Å². The Bertz CT molecular complexity index is 615. The smallest absolute Gasteiger partial charge is 0.203 e. The van der Waals surface area contributed by atoms with Crippen LogP contribution in [0.4, 0.5) is 5.95 Å². The third-order valence-corrected chi connectivity index (χ3v) is 4.09. The topological polar surface area (TPSA) is 29.9 Å². The van der Waals surface area contributed by atoms with Crippen molar-refractivity contribution in [2.45, 2.75) is 46.1 Å². The standard InChI is InChI=1S/C17H23N3/c1-12-15(19-16-18-10-5-11-20(12)16)13-6-8-14(9-7-13)17(2,3)4/h6-9H,5,10-11H2,1-4H3,(H,18,19). The molecule has 0 amide bonds. The normalized spacial score (nSPS) is 14.8. The molecule has 1 aliphatic rings. The quantitative estimate of drug-likeness (QED) is 0.849. The molecule has 0 spiro atoms. The predicted octanol–water partition coefficient (Wildman–Crippen LogP) is 3.97. The minimum Gasteiger partial charge on any atom is -0.356 e. The molecule has 20 heavy (non-hydrogen) atoms. The molecule has 1 aromatic carbocycles. The van der Waals surface area contributed by atoms with Crippen molar-refractivity contribution < 1.29 is 0 Å². The summed E-state index contributed by atoms with van der Waals surface area (Å²) >= 11 is 0. The van der Waals surface area contributed by atoms with Gasteiger partial charge in [-0.25, -0.2) is 4.98 Å². The lowest BCUT2D eigenvalue weighted by Crippen LogP contribution is -2.17. The van der Waals surface area contributed by atoms with Crippen molar-refractivity contribution in [3.63, 3.8) is 0 Å². The van der Waals surface area contributed by atoms with Gasteiger partial charge in [-0.3, -0.25) is 0 Å². The lowest BCUT2D eigenvalue weighted by molar-refractivity contribution is 0.590. The molecule has 0 saturated carbocycles.